The van der Waals surface area contributed by atoms with Crippen LogP contribution in [0.3, 0.4) is 0 Å². The molecule has 0 saturated carbocycles. The van der Waals surface area contributed by atoms with Crippen molar-refractivity contribution >= 4 is 17.2 Å². The number of hydrogen-bond donors (Lipinski definition) is 0. The average Bonchev–Trinajstić information content (AvgIpc) is 3.09. The molecule has 0 radical (unpaired) electrons. The van der Waals surface area contributed by atoms with E-state index in [-0.39, 0.29) is 12.0 Å². The van der Waals surface area contributed by atoms with Crippen LogP contribution < -0.4 is 0 Å². The molecular formula is C18H22N2O3S. The number of nitrogens with zero attached hydrogens (tertiary/aromatic N) is 2. The van der Waals surface area contributed by atoms with Gasteiger partial charge in [-0.15, -0.1) is 11.3 Å². The largest absolute Gasteiger partial charge is 0.383 e. The molecule has 24 heavy (non-hydrogen) atoms. The number of amides is 1. The number of hydrogen-bond acceptors (Lipinski definition) is 5. The van der Waals surface area contributed by atoms with Crippen LogP contribution in [0.5, 0.6) is 0 Å². The van der Waals surface area contributed by atoms with Crippen LogP contribution in [0.1, 0.15) is 28.7 Å². The number of carbonyl (C=O) groups is 1. The molecule has 2 aromatic heterocycles. The van der Waals surface area contributed by atoms with Gasteiger partial charge in [0, 0.05) is 24.7 Å². The van der Waals surface area contributed by atoms with E-state index >= 15 is 0 Å². The molecule has 1 aliphatic rings. The highest BCUT2D eigenvalue weighted by Crippen LogP contribution is 2.34. The van der Waals surface area contributed by atoms with Crippen molar-refractivity contribution in [3.05, 3.63) is 52.0 Å². The second-order valence-corrected chi connectivity index (χ2v) is 6.70. The second kappa shape index (κ2) is 8.37. The third-order valence-corrected chi connectivity index (χ3v) is 5.17. The van der Waals surface area contributed by atoms with Gasteiger partial charge in [0.2, 0.25) is 5.91 Å². The fraction of sp³-hybridized carbons (Fsp3) is 0.444. The van der Waals surface area contributed by atoms with Gasteiger partial charge in [0.05, 0.1) is 31.9 Å². The van der Waals surface area contributed by atoms with Crippen LogP contribution in [-0.4, -0.2) is 42.7 Å². The predicted molar refractivity (Wildman–Crippen MR) is 92.9 cm³/mol. The van der Waals surface area contributed by atoms with E-state index < -0.39 is 0 Å². The molecular weight excluding hydrogens is 324 g/mol. The summed E-state index contributed by atoms with van der Waals surface area (Å²) in [6.07, 6.45) is 2.92. The van der Waals surface area contributed by atoms with Crippen LogP contribution in [0.2, 0.25) is 0 Å². The van der Waals surface area contributed by atoms with E-state index in [4.69, 9.17) is 9.47 Å². The van der Waals surface area contributed by atoms with Crippen LogP contribution in [-0.2, 0) is 27.2 Å². The third-order valence-electron chi connectivity index (χ3n) is 4.12. The van der Waals surface area contributed by atoms with E-state index in [0.717, 1.165) is 12.1 Å². The van der Waals surface area contributed by atoms with E-state index in [1.807, 2.05) is 18.2 Å². The SMILES string of the molecule is COCCN(Cc1ccccn1)C(=O)C[C@@H]1OCCc2ccsc21. The van der Waals surface area contributed by atoms with Gasteiger partial charge in [0.1, 0.15) is 6.10 Å². The number of methoxy groups -OCH3 is 1. The number of fused-ring (bicyclic) bond motifs is 1. The Balaban J connectivity index is 1.67. The standard InChI is InChI=1S/C18H22N2O3S/c1-22-10-8-20(13-15-4-2-3-7-19-15)17(21)12-16-18-14(5-9-23-16)6-11-24-18/h2-4,6-7,11,16H,5,8-10,12-13H2,1H3/t16-/m0/s1. The summed E-state index contributed by atoms with van der Waals surface area (Å²) >= 11 is 1.68. The fourth-order valence-electron chi connectivity index (χ4n) is 2.84. The molecule has 128 valence electrons. The van der Waals surface area contributed by atoms with Crippen molar-refractivity contribution in [3.8, 4) is 0 Å². The van der Waals surface area contributed by atoms with Crippen molar-refractivity contribution in [1.82, 2.24) is 9.88 Å². The first kappa shape index (κ1) is 17.1. The minimum atomic E-state index is -0.130. The van der Waals surface area contributed by atoms with Gasteiger partial charge in [0.25, 0.3) is 0 Å². The molecule has 1 amide bonds. The van der Waals surface area contributed by atoms with Crippen LogP contribution in [0.4, 0.5) is 0 Å². The molecule has 0 N–H and O–H groups in total. The maximum absolute atomic E-state index is 12.8. The first-order valence-electron chi connectivity index (χ1n) is 8.12. The quantitative estimate of drug-likeness (QED) is 0.774. The monoisotopic (exact) mass is 346 g/mol. The topological polar surface area (TPSA) is 51.7 Å². The van der Waals surface area contributed by atoms with Crippen molar-refractivity contribution in [1.29, 1.82) is 0 Å². The fourth-order valence-corrected chi connectivity index (χ4v) is 3.85. The van der Waals surface area contributed by atoms with E-state index in [2.05, 4.69) is 16.4 Å². The van der Waals surface area contributed by atoms with E-state index in [1.54, 1.807) is 29.5 Å². The van der Waals surface area contributed by atoms with Gasteiger partial charge in [0.15, 0.2) is 0 Å². The summed E-state index contributed by atoms with van der Waals surface area (Å²) < 4.78 is 11.0. The van der Waals surface area contributed by atoms with Gasteiger partial charge in [-0.3, -0.25) is 9.78 Å². The molecule has 0 spiro atoms. The molecule has 0 aliphatic carbocycles. The molecule has 0 saturated heterocycles. The lowest BCUT2D eigenvalue weighted by Crippen LogP contribution is -2.35. The minimum Gasteiger partial charge on any atom is -0.383 e. The van der Waals surface area contributed by atoms with E-state index in [1.165, 1.54) is 10.4 Å². The van der Waals surface area contributed by atoms with Gasteiger partial charge in [-0.2, -0.15) is 0 Å². The first-order chi connectivity index (χ1) is 11.8. The van der Waals surface area contributed by atoms with E-state index in [9.17, 15) is 4.79 Å². The lowest BCUT2D eigenvalue weighted by atomic mass is 10.0. The first-order valence-corrected chi connectivity index (χ1v) is 9.00. The highest BCUT2D eigenvalue weighted by molar-refractivity contribution is 7.10. The smallest absolute Gasteiger partial charge is 0.226 e. The van der Waals surface area contributed by atoms with Gasteiger partial charge in [-0.25, -0.2) is 0 Å². The predicted octanol–water partition coefficient (Wildman–Crippen LogP) is 2.82. The zero-order chi connectivity index (χ0) is 16.8. The van der Waals surface area contributed by atoms with Crippen molar-refractivity contribution in [3.63, 3.8) is 0 Å². The summed E-state index contributed by atoms with van der Waals surface area (Å²) in [6, 6.07) is 7.88. The Morgan fingerprint density at radius 2 is 2.38 bits per heavy atom. The Morgan fingerprint density at radius 1 is 1.46 bits per heavy atom. The van der Waals surface area contributed by atoms with Crippen molar-refractivity contribution < 1.29 is 14.3 Å². The molecule has 0 unspecified atom stereocenters. The van der Waals surface area contributed by atoms with Crippen LogP contribution in [0.25, 0.3) is 0 Å². The number of rotatable bonds is 7. The lowest BCUT2D eigenvalue weighted by Gasteiger charge is -2.27. The van der Waals surface area contributed by atoms with Gasteiger partial charge in [-0.1, -0.05) is 6.07 Å². The summed E-state index contributed by atoms with van der Waals surface area (Å²) in [5, 5.41) is 2.08. The number of thiophene rings is 1. The number of carbonyl (C=O) groups excluding carboxylic acids is 1. The lowest BCUT2D eigenvalue weighted by molar-refractivity contribution is -0.136. The zero-order valence-corrected chi connectivity index (χ0v) is 14.6. The molecule has 3 rings (SSSR count). The number of pyridine rings is 1. The Labute approximate surface area is 146 Å². The summed E-state index contributed by atoms with van der Waals surface area (Å²) in [7, 11) is 1.64. The maximum Gasteiger partial charge on any atom is 0.226 e. The Morgan fingerprint density at radius 3 is 3.17 bits per heavy atom. The Hall–Kier alpha value is -1.76. The second-order valence-electron chi connectivity index (χ2n) is 5.75. The highest BCUT2D eigenvalue weighted by Gasteiger charge is 2.27. The van der Waals surface area contributed by atoms with Crippen LogP contribution in [0, 0.1) is 0 Å². The number of ether oxygens (including phenoxy) is 2. The Bertz CT molecular complexity index is 659. The summed E-state index contributed by atoms with van der Waals surface area (Å²) in [5.41, 5.74) is 2.19. The van der Waals surface area contributed by atoms with Crippen molar-refractivity contribution in [2.24, 2.45) is 0 Å². The van der Waals surface area contributed by atoms with Crippen molar-refractivity contribution in [2.75, 3.05) is 26.9 Å². The van der Waals surface area contributed by atoms with Gasteiger partial charge >= 0.3 is 0 Å². The molecule has 0 fully saturated rings. The molecule has 1 atom stereocenters. The average molecular weight is 346 g/mol. The molecule has 0 aromatic carbocycles. The van der Waals surface area contributed by atoms with Crippen LogP contribution in [0.15, 0.2) is 35.8 Å². The molecule has 3 heterocycles. The van der Waals surface area contributed by atoms with E-state index in [0.29, 0.717) is 32.7 Å². The molecule has 5 nitrogen and oxygen atoms in total. The summed E-state index contributed by atoms with van der Waals surface area (Å²) in [5.74, 6) is 0.0731. The van der Waals surface area contributed by atoms with Gasteiger partial charge in [-0.05, 0) is 35.6 Å². The van der Waals surface area contributed by atoms with Gasteiger partial charge < -0.3 is 14.4 Å². The minimum absolute atomic E-state index is 0.0731. The van der Waals surface area contributed by atoms with Crippen LogP contribution >= 0.6 is 11.3 Å². The third kappa shape index (κ3) is 4.20. The molecule has 1 aliphatic heterocycles. The Kier molecular flexibility index (Phi) is 5.96. The number of aromatic nitrogens is 1. The molecule has 0 bridgehead atoms. The zero-order valence-electron chi connectivity index (χ0n) is 13.8. The molecule has 6 heteroatoms. The summed E-state index contributed by atoms with van der Waals surface area (Å²) in [4.78, 5) is 20.1. The normalized spacial score (nSPS) is 16.6. The maximum atomic E-state index is 12.8. The van der Waals surface area contributed by atoms with Crippen molar-refractivity contribution in [2.45, 2.75) is 25.5 Å². The summed E-state index contributed by atoms with van der Waals surface area (Å²) in [6.45, 7) is 2.23. The molecule has 2 aromatic rings. The highest BCUT2D eigenvalue weighted by atomic mass is 32.1.